The first-order chi connectivity index (χ1) is 54.4. The maximum absolute atomic E-state index is 12.6. The first-order valence-electron chi connectivity index (χ1n) is 32.9. The van der Waals surface area contributed by atoms with E-state index in [1.165, 1.54) is 128 Å². The molecule has 9 rings (SSSR count). The Hall–Kier alpha value is -12.3. The Kier molecular flexibility index (Phi) is 39.5. The minimum Gasteiger partial charge on any atom is -0.394 e. The van der Waals surface area contributed by atoms with Crippen LogP contribution in [0.3, 0.4) is 0 Å². The quantitative estimate of drug-likeness (QED) is 0.0123. The standard InChI is InChI=1S/C10H9F5N2O3.C10H12FN5O3.C9H9F3N2O3.C9H11FN2O5.C9H11FN2O3.C8H11FN2O4.C7H9FN2O3/c11-9(12,10(13,14)15)4-3-7(18)6-16-5-1-2-8(16)17(19)20;11-4-9(7-17)15-6-8(12-13-15)5-14-3-1-2-10(14)16(18)19;10-9(11,12)4-3-7(15)6-13-5-1-2-8(13)14(16)17;10-4-5-7(13)8(14)9(17-5)11-3-1-2-6(11)12(15)16;10-5-1-3-8(13)7-11-6-2-4-9(11)12(14)15;9-4-6(12)7(13)5-10-3-1-2-8(10)11(14)15;8-4-6(11)5-9-3-1-2-7(9)10(12)13/h1-2,5H,3-4,6H2;1-3,6,9,17H,4-5,7H2;1-2,5H,3-4,6H2;1-3,5,7-9,13-14H,4H2;2,4,6H,1,3,5,7H2;1-3,6-7,12-13H,4-5H2;1-3,6,11H,4-5H2/i13-1;11-1;3*10-1;9-1;8-1. The van der Waals surface area contributed by atoms with Crippen molar-refractivity contribution in [2.75, 3.05) is 40.0 Å². The molecule has 1 saturated heterocycles. The van der Waals surface area contributed by atoms with Crippen LogP contribution in [0.5, 0.6) is 0 Å². The lowest BCUT2D eigenvalue weighted by Gasteiger charge is -2.18. The van der Waals surface area contributed by atoms with Crippen molar-refractivity contribution in [1.82, 2.24) is 47.0 Å². The van der Waals surface area contributed by atoms with E-state index in [1.54, 1.807) is 12.3 Å². The molecule has 116 heavy (non-hydrogen) atoms. The summed E-state index contributed by atoms with van der Waals surface area (Å²) >= 11 is 0. The second kappa shape index (κ2) is 46.8. The highest BCUT2D eigenvalue weighted by atomic mass is 19.3. The van der Waals surface area contributed by atoms with Crippen LogP contribution in [0.25, 0.3) is 0 Å². The van der Waals surface area contributed by atoms with Gasteiger partial charge >= 0.3 is 59.0 Å². The van der Waals surface area contributed by atoms with E-state index in [0.717, 1.165) is 30.5 Å². The minimum absolute atomic E-state index is 0.0567. The lowest BCUT2D eigenvalue weighted by Crippen LogP contribution is -2.36. The van der Waals surface area contributed by atoms with Crippen molar-refractivity contribution in [1.29, 1.82) is 0 Å². The molecule has 0 radical (unpaired) electrons. The van der Waals surface area contributed by atoms with E-state index < -0.39 is 191 Å². The second-order valence-corrected chi connectivity index (χ2v) is 23.8. The number of rotatable bonds is 35. The van der Waals surface area contributed by atoms with Crippen LogP contribution in [0.4, 0.5) is 97.8 Å². The Balaban J connectivity index is 0.000000351. The number of hydrogen-bond donors (Lipinski definition) is 6. The minimum atomic E-state index is -5.72. The predicted octanol–water partition coefficient (Wildman–Crippen LogP) is 8.30. The highest BCUT2D eigenvalue weighted by molar-refractivity contribution is 5.79. The fourth-order valence-corrected chi connectivity index (χ4v) is 9.54. The number of aromatic nitrogens is 10. The number of ketones is 3. The molecule has 0 aliphatic carbocycles. The molecule has 0 amide bonds. The molecule has 41 nitrogen and oxygen atoms in total. The number of aliphatic hydroxyl groups excluding tert-OH is 6. The van der Waals surface area contributed by atoms with E-state index >= 15 is 0 Å². The van der Waals surface area contributed by atoms with Gasteiger partial charge in [0.15, 0.2) is 17.3 Å². The highest BCUT2D eigenvalue weighted by Crippen LogP contribution is 2.39. The normalized spacial score (nSPS) is 15.4. The summed E-state index contributed by atoms with van der Waals surface area (Å²) in [6.07, 6.45) is -12.5. The largest absolute Gasteiger partial charge is 0.453 e. The zero-order chi connectivity index (χ0) is 87.5. The molecular weight excluding hydrogens is 1610 g/mol. The van der Waals surface area contributed by atoms with Crippen molar-refractivity contribution in [3.8, 4) is 0 Å². The third-order valence-electron chi connectivity index (χ3n) is 15.3. The number of halogens is 13. The van der Waals surface area contributed by atoms with Crippen LogP contribution in [-0.4, -0.2) is 224 Å². The van der Waals surface area contributed by atoms with Gasteiger partial charge in [0.1, 0.15) is 114 Å². The Morgan fingerprint density at radius 1 is 0.483 bits per heavy atom. The number of ether oxygens (including phenoxy) is 1. The van der Waals surface area contributed by atoms with E-state index in [2.05, 4.69) is 10.3 Å². The number of alkyl halides is 13. The van der Waals surface area contributed by atoms with E-state index in [1.807, 2.05) is 0 Å². The molecule has 1 fully saturated rings. The van der Waals surface area contributed by atoms with Gasteiger partial charge in [-0.3, -0.25) is 18.8 Å². The lowest BCUT2D eigenvalue weighted by molar-refractivity contribution is -0.394. The van der Waals surface area contributed by atoms with Crippen LogP contribution in [0.15, 0.2) is 135 Å². The summed E-state index contributed by atoms with van der Waals surface area (Å²) in [5.41, 5.74) is 0.450. The van der Waals surface area contributed by atoms with Crippen molar-refractivity contribution in [3.63, 3.8) is 0 Å². The molecule has 0 saturated carbocycles. The zero-order valence-electron chi connectivity index (χ0n) is 59.6. The molecule has 8 aromatic rings. The van der Waals surface area contributed by atoms with Gasteiger partial charge in [-0.1, -0.05) is 5.21 Å². The number of nitro groups is 7. The Morgan fingerprint density at radius 3 is 1.23 bits per heavy atom. The monoisotopic (exact) mass is 1680 g/mol. The predicted molar refractivity (Wildman–Crippen MR) is 366 cm³/mol. The third kappa shape index (κ3) is 31.2. The molecule has 8 unspecified atom stereocenters. The number of hydrogen-bond acceptors (Lipinski definition) is 26. The summed E-state index contributed by atoms with van der Waals surface area (Å²) in [7, 11) is 0. The number of Topliss-reactive ketones (excluding diaryl/α,β-unsaturated/α-hetero) is 3. The summed E-state index contributed by atoms with van der Waals surface area (Å²) in [6.45, 7) is -5.91. The Bertz CT molecular complexity index is 4460. The number of carbonyl (C=O) groups excluding carboxylic acids is 3. The molecule has 8 atom stereocenters. The van der Waals surface area contributed by atoms with Crippen molar-refractivity contribution in [3.05, 3.63) is 211 Å². The van der Waals surface area contributed by atoms with E-state index in [4.69, 9.17) is 20.1 Å². The van der Waals surface area contributed by atoms with Gasteiger partial charge in [0, 0.05) is 68.1 Å². The smallest absolute Gasteiger partial charge is 0.394 e. The maximum atomic E-state index is 12.6. The Labute approximate surface area is 640 Å². The average molecular weight is 1680 g/mol. The average Bonchev–Trinajstić information content (AvgIpc) is 1.64. The Morgan fingerprint density at radius 2 is 0.862 bits per heavy atom. The van der Waals surface area contributed by atoms with Crippen LogP contribution < -0.4 is 0 Å². The molecule has 0 aromatic carbocycles. The third-order valence-corrected chi connectivity index (χ3v) is 15.3. The van der Waals surface area contributed by atoms with Crippen LogP contribution in [0.2, 0.25) is 0 Å². The molecular formula is C62H72F13N17O24. The summed E-state index contributed by atoms with van der Waals surface area (Å²) in [6, 6.07) is 18.0. The van der Waals surface area contributed by atoms with Crippen LogP contribution in [-0.2, 0) is 58.4 Å². The molecule has 8 aromatic heterocycles. The van der Waals surface area contributed by atoms with Gasteiger partial charge in [-0.2, -0.15) is 35.1 Å². The summed E-state index contributed by atoms with van der Waals surface area (Å²) < 4.78 is 171. The second-order valence-electron chi connectivity index (χ2n) is 23.8. The number of nitrogens with zero attached hydrogens (tertiary/aromatic N) is 17. The van der Waals surface area contributed by atoms with E-state index in [9.17, 15) is 158 Å². The van der Waals surface area contributed by atoms with Crippen molar-refractivity contribution in [2.45, 2.75) is 145 Å². The van der Waals surface area contributed by atoms with Crippen LogP contribution in [0.1, 0.15) is 56.5 Å². The highest BCUT2D eigenvalue weighted by Gasteiger charge is 2.57. The fraction of sp³-hybridized carbons (Fsp3) is 0.468. The lowest BCUT2D eigenvalue weighted by atomic mass is 10.1. The fourth-order valence-electron chi connectivity index (χ4n) is 9.54. The summed E-state index contributed by atoms with van der Waals surface area (Å²) in [5.74, 6) is -8.38. The molecule has 6 N–H and O–H groups in total. The van der Waals surface area contributed by atoms with Gasteiger partial charge in [0.05, 0.1) is 69.3 Å². The molecule has 1 aliphatic rings. The van der Waals surface area contributed by atoms with Crippen molar-refractivity contribution < 1.29 is 141 Å². The van der Waals surface area contributed by atoms with Gasteiger partial charge in [0.2, 0.25) is 6.23 Å². The molecule has 640 valence electrons. The van der Waals surface area contributed by atoms with Crippen LogP contribution >= 0.6 is 0 Å². The number of carbonyl (C=O) groups is 3. The molecule has 0 bridgehead atoms. The van der Waals surface area contributed by atoms with E-state index in [0.29, 0.717) is 5.69 Å². The van der Waals surface area contributed by atoms with Crippen molar-refractivity contribution >= 4 is 58.1 Å². The first kappa shape index (κ1) is 97.9. The van der Waals surface area contributed by atoms with Gasteiger partial charge in [-0.25, -0.2) is 54.2 Å². The molecule has 1 aliphatic heterocycles. The molecule has 0 spiro atoms. The molecule has 9 heterocycles. The maximum Gasteiger partial charge on any atom is 0.453 e. The zero-order valence-corrected chi connectivity index (χ0v) is 59.6. The number of aliphatic hydroxyl groups is 6. The summed E-state index contributed by atoms with van der Waals surface area (Å²) in [4.78, 5) is 103. The van der Waals surface area contributed by atoms with Crippen LogP contribution in [0, 0.1) is 70.8 Å². The van der Waals surface area contributed by atoms with Gasteiger partial charge in [-0.15, -0.1) is 5.10 Å². The SMILES string of the molecule is O=C(CCC(F)(F)C(F)(F)[18F])Cn1cccc1[N+](=O)[O-].O=C(CCC(F)(F)[18F])Cn1cccc1[N+](=O)[O-].O=C(CCC[18F])Cn1cccc1[N+](=O)[O-].O=[N+]([O-])c1cccn1C1OC(C[18F])C(O)C1O.O=[N+]([O-])c1cccn1CC(O)C(O)C[18F].O=[N+]([O-])c1cccn1CC(O)C[18F].O=[N+]([O-])c1cccn1Cc1cn(C(CO)C[18F])nn1. The summed E-state index contributed by atoms with van der Waals surface area (Å²) in [5, 5.41) is 136. The van der Waals surface area contributed by atoms with E-state index in [-0.39, 0.29) is 86.3 Å². The van der Waals surface area contributed by atoms with Crippen molar-refractivity contribution in [2.24, 2.45) is 0 Å². The first-order valence-corrected chi connectivity index (χ1v) is 32.9. The topological polar surface area (TPSA) is 549 Å². The van der Waals surface area contributed by atoms with Gasteiger partial charge in [0.25, 0.3) is 0 Å². The van der Waals surface area contributed by atoms with Gasteiger partial charge < -0.3 is 106 Å². The molecule has 54 heteroatoms. The van der Waals surface area contributed by atoms with Gasteiger partial charge in [-0.05, 0) is 83.3 Å².